The Morgan fingerprint density at radius 2 is 2.08 bits per heavy atom. The molecule has 1 unspecified atom stereocenters. The van der Waals surface area contributed by atoms with Crippen LogP contribution in [0, 0.1) is 10.1 Å². The average molecular weight is 359 g/mol. The summed E-state index contributed by atoms with van der Waals surface area (Å²) in [5.41, 5.74) is 2.82. The molecular weight excluding hydrogens is 340 g/mol. The summed E-state index contributed by atoms with van der Waals surface area (Å²) < 4.78 is 0. The molecule has 0 fully saturated rings. The molecule has 2 aliphatic heterocycles. The van der Waals surface area contributed by atoms with E-state index in [2.05, 4.69) is 17.6 Å². The lowest BCUT2D eigenvalue weighted by atomic mass is 10.0. The minimum absolute atomic E-state index is 0.0424. The van der Waals surface area contributed by atoms with Crippen LogP contribution >= 0.6 is 11.3 Å². The summed E-state index contributed by atoms with van der Waals surface area (Å²) >= 11 is 1.67. The molecule has 0 aliphatic carbocycles. The number of likely N-dealkylation sites (N-methyl/N-ethyl adjacent to an activating group) is 1. The lowest BCUT2D eigenvalue weighted by Crippen LogP contribution is -3.11. The molecule has 0 spiro atoms. The number of benzene rings is 1. The van der Waals surface area contributed by atoms with Crippen LogP contribution in [-0.2, 0) is 13.0 Å². The first-order valence-corrected chi connectivity index (χ1v) is 9.18. The Bertz CT molecular complexity index is 846. The van der Waals surface area contributed by atoms with E-state index in [0.29, 0.717) is 0 Å². The highest BCUT2D eigenvalue weighted by molar-refractivity contribution is 7.16. The molecule has 130 valence electrons. The molecule has 0 saturated carbocycles. The lowest BCUT2D eigenvalue weighted by molar-refractivity contribution is -0.913. The van der Waals surface area contributed by atoms with Crippen molar-refractivity contribution in [2.45, 2.75) is 26.1 Å². The maximum atomic E-state index is 12.7. The molecule has 7 nitrogen and oxygen atoms in total. The Kier molecular flexibility index (Phi) is 3.93. The highest BCUT2D eigenvalue weighted by atomic mass is 32.1. The molecule has 2 aliphatic rings. The van der Waals surface area contributed by atoms with Crippen molar-refractivity contribution in [2.24, 2.45) is 0 Å². The van der Waals surface area contributed by atoms with Gasteiger partial charge in [-0.25, -0.2) is 0 Å². The first kappa shape index (κ1) is 16.0. The van der Waals surface area contributed by atoms with E-state index in [-0.39, 0.29) is 17.8 Å². The van der Waals surface area contributed by atoms with Crippen LogP contribution < -0.4 is 15.5 Å². The van der Waals surface area contributed by atoms with Gasteiger partial charge in [-0.2, -0.15) is 0 Å². The van der Waals surface area contributed by atoms with E-state index in [0.717, 1.165) is 42.2 Å². The van der Waals surface area contributed by atoms with E-state index in [9.17, 15) is 14.9 Å². The van der Waals surface area contributed by atoms with Crippen molar-refractivity contribution in [1.29, 1.82) is 0 Å². The molecular formula is C17H19N4O3S+. The van der Waals surface area contributed by atoms with Crippen molar-refractivity contribution in [3.63, 3.8) is 0 Å². The van der Waals surface area contributed by atoms with Crippen molar-refractivity contribution >= 4 is 27.9 Å². The Hall–Kier alpha value is -2.45. The molecule has 2 atom stereocenters. The summed E-state index contributed by atoms with van der Waals surface area (Å²) in [7, 11) is 0. The van der Waals surface area contributed by atoms with Crippen LogP contribution in [0.5, 0.6) is 0 Å². The van der Waals surface area contributed by atoms with Crippen LogP contribution in [0.2, 0.25) is 0 Å². The van der Waals surface area contributed by atoms with Gasteiger partial charge in [0, 0.05) is 18.6 Å². The Morgan fingerprint density at radius 3 is 2.76 bits per heavy atom. The molecule has 1 amide bonds. The maximum absolute atomic E-state index is 12.7. The molecule has 4 rings (SSSR count). The standard InChI is InChI=1S/C17H18N4O3S/c1-2-20-8-7-12-13(9-20)25-17-14(12)16(22)18-15(19-17)10-3-5-11(6-4-10)21(23)24/h3-6,15,19H,2,7-9H2,1H3,(H,18,22)/p+1/t15-/m1/s1. The third kappa shape index (κ3) is 2.77. The molecule has 2 aromatic rings. The predicted octanol–water partition coefficient (Wildman–Crippen LogP) is 1.47. The second-order valence-corrected chi connectivity index (χ2v) is 7.49. The second kappa shape index (κ2) is 6.12. The third-order valence-electron chi connectivity index (χ3n) is 4.94. The molecule has 3 heterocycles. The van der Waals surface area contributed by atoms with Crippen LogP contribution in [0.25, 0.3) is 0 Å². The fraction of sp³-hybridized carbons (Fsp3) is 0.353. The highest BCUT2D eigenvalue weighted by Crippen LogP contribution is 2.39. The van der Waals surface area contributed by atoms with E-state index in [1.165, 1.54) is 22.6 Å². The summed E-state index contributed by atoms with van der Waals surface area (Å²) in [6, 6.07) is 6.27. The van der Waals surface area contributed by atoms with E-state index in [4.69, 9.17) is 0 Å². The zero-order valence-corrected chi connectivity index (χ0v) is 14.6. The number of fused-ring (bicyclic) bond motifs is 3. The minimum Gasteiger partial charge on any atom is -0.353 e. The molecule has 1 aromatic carbocycles. The summed E-state index contributed by atoms with van der Waals surface area (Å²) in [5, 5.41) is 18.1. The van der Waals surface area contributed by atoms with E-state index in [1.54, 1.807) is 28.4 Å². The smallest absolute Gasteiger partial charge is 0.269 e. The SMILES string of the molecule is CC[NH+]1CCc2c(sc3c2C(=O)N[C@@H](c2ccc([N+](=O)[O-])cc2)N3)C1. The monoisotopic (exact) mass is 359 g/mol. The van der Waals surface area contributed by atoms with Gasteiger partial charge in [0.05, 0.1) is 28.5 Å². The van der Waals surface area contributed by atoms with Gasteiger partial charge in [-0.05, 0) is 30.2 Å². The number of nitrogens with zero attached hydrogens (tertiary/aromatic N) is 1. The summed E-state index contributed by atoms with van der Waals surface area (Å²) in [4.78, 5) is 25.9. The predicted molar refractivity (Wildman–Crippen MR) is 95.0 cm³/mol. The number of nitrogens with one attached hydrogen (secondary N) is 3. The minimum atomic E-state index is -0.427. The van der Waals surface area contributed by atoms with Crippen molar-refractivity contribution in [3.8, 4) is 0 Å². The van der Waals surface area contributed by atoms with Gasteiger partial charge >= 0.3 is 0 Å². The van der Waals surface area contributed by atoms with Crippen LogP contribution in [0.1, 0.15) is 39.5 Å². The maximum Gasteiger partial charge on any atom is 0.269 e. The number of hydrogen-bond donors (Lipinski definition) is 3. The Morgan fingerprint density at radius 1 is 1.32 bits per heavy atom. The zero-order valence-electron chi connectivity index (χ0n) is 13.8. The van der Waals surface area contributed by atoms with Crippen molar-refractivity contribution < 1.29 is 14.6 Å². The van der Waals surface area contributed by atoms with Crippen LogP contribution in [0.15, 0.2) is 24.3 Å². The molecule has 1 aromatic heterocycles. The first-order valence-electron chi connectivity index (χ1n) is 8.36. The van der Waals surface area contributed by atoms with Crippen molar-refractivity contribution in [1.82, 2.24) is 5.32 Å². The number of rotatable bonds is 3. The number of thiophene rings is 1. The summed E-state index contributed by atoms with van der Waals surface area (Å²) in [6.45, 7) is 5.31. The van der Waals surface area contributed by atoms with Gasteiger partial charge in [-0.3, -0.25) is 14.9 Å². The van der Waals surface area contributed by atoms with E-state index >= 15 is 0 Å². The quantitative estimate of drug-likeness (QED) is 0.572. The molecule has 0 saturated heterocycles. The molecule has 25 heavy (non-hydrogen) atoms. The van der Waals surface area contributed by atoms with Gasteiger partial charge in [0.2, 0.25) is 0 Å². The van der Waals surface area contributed by atoms with Crippen molar-refractivity contribution in [3.05, 3.63) is 55.9 Å². The normalized spacial score (nSPS) is 21.7. The van der Waals surface area contributed by atoms with Gasteiger partial charge in [0.25, 0.3) is 11.6 Å². The third-order valence-corrected chi connectivity index (χ3v) is 6.11. The number of carbonyl (C=O) groups is 1. The Labute approximate surface area is 148 Å². The van der Waals surface area contributed by atoms with E-state index < -0.39 is 4.92 Å². The number of nitro groups is 1. The first-order chi connectivity index (χ1) is 12.1. The molecule has 0 radical (unpaired) electrons. The number of quaternary nitrogens is 1. The van der Waals surface area contributed by atoms with Gasteiger partial charge in [0.15, 0.2) is 0 Å². The molecule has 3 N–H and O–H groups in total. The van der Waals surface area contributed by atoms with Crippen LogP contribution in [-0.4, -0.2) is 23.9 Å². The van der Waals surface area contributed by atoms with Gasteiger partial charge < -0.3 is 15.5 Å². The van der Waals surface area contributed by atoms with Crippen LogP contribution in [0.4, 0.5) is 10.7 Å². The van der Waals surface area contributed by atoms with Crippen molar-refractivity contribution in [2.75, 3.05) is 18.4 Å². The number of nitro benzene ring substituents is 1. The largest absolute Gasteiger partial charge is 0.353 e. The highest BCUT2D eigenvalue weighted by Gasteiger charge is 2.34. The summed E-state index contributed by atoms with van der Waals surface area (Å²) in [5.74, 6) is -0.0606. The van der Waals surface area contributed by atoms with Gasteiger partial charge in [-0.1, -0.05) is 0 Å². The zero-order chi connectivity index (χ0) is 17.6. The fourth-order valence-electron chi connectivity index (χ4n) is 3.51. The lowest BCUT2D eigenvalue weighted by Gasteiger charge is -2.27. The Balaban J connectivity index is 1.62. The van der Waals surface area contributed by atoms with Crippen LogP contribution in [0.3, 0.4) is 0 Å². The second-order valence-electron chi connectivity index (χ2n) is 6.39. The average Bonchev–Trinajstić information content (AvgIpc) is 2.99. The molecule has 0 bridgehead atoms. The van der Waals surface area contributed by atoms with Gasteiger partial charge in [-0.15, -0.1) is 11.3 Å². The fourth-order valence-corrected chi connectivity index (χ4v) is 4.85. The molecule has 8 heteroatoms. The topological polar surface area (TPSA) is 88.7 Å². The van der Waals surface area contributed by atoms with Gasteiger partial charge in [0.1, 0.15) is 17.7 Å². The van der Waals surface area contributed by atoms with E-state index in [1.807, 2.05) is 0 Å². The number of anilines is 1. The number of non-ortho nitro benzene ring substituents is 1. The number of hydrogen-bond acceptors (Lipinski definition) is 5. The number of carbonyl (C=O) groups excluding carboxylic acids is 1. The number of amides is 1. The summed E-state index contributed by atoms with van der Waals surface area (Å²) in [6.07, 6.45) is 0.567.